The number of aliphatic hydroxyl groups is 1. The van der Waals surface area contributed by atoms with Crippen molar-refractivity contribution in [2.24, 2.45) is 0 Å². The number of β-amino-alcohol motifs (C(OH)–C–C–N with tert-alkyl or cyclic N) is 1. The third-order valence-corrected chi connectivity index (χ3v) is 4.64. The smallest absolute Gasteiger partial charge is 0.343 e. The van der Waals surface area contributed by atoms with Gasteiger partial charge >= 0.3 is 5.97 Å². The van der Waals surface area contributed by atoms with Crippen molar-refractivity contribution in [3.05, 3.63) is 89.5 Å². The van der Waals surface area contributed by atoms with E-state index in [1.807, 2.05) is 58.0 Å². The summed E-state index contributed by atoms with van der Waals surface area (Å²) >= 11 is 0. The second-order valence-corrected chi connectivity index (χ2v) is 8.52. The van der Waals surface area contributed by atoms with Crippen molar-refractivity contribution < 1.29 is 19.4 Å². The number of rotatable bonds is 7. The van der Waals surface area contributed by atoms with Crippen molar-refractivity contribution in [3.63, 3.8) is 0 Å². The molecule has 5 nitrogen and oxygen atoms in total. The molecule has 5 heteroatoms. The van der Waals surface area contributed by atoms with Gasteiger partial charge < -0.3 is 19.9 Å². The number of nitrogens with one attached hydrogen (secondary N) is 1. The van der Waals surface area contributed by atoms with Crippen molar-refractivity contribution in [1.82, 2.24) is 5.32 Å². The Morgan fingerprint density at radius 3 is 2.29 bits per heavy atom. The third kappa shape index (κ3) is 6.67. The van der Waals surface area contributed by atoms with E-state index in [1.165, 1.54) is 0 Å². The Kier molecular flexibility index (Phi) is 7.10. The van der Waals surface area contributed by atoms with Gasteiger partial charge in [0.1, 0.15) is 5.75 Å². The summed E-state index contributed by atoms with van der Waals surface area (Å²) in [5.74, 6) is 0.786. The van der Waals surface area contributed by atoms with E-state index in [4.69, 9.17) is 9.47 Å². The second-order valence-electron chi connectivity index (χ2n) is 8.52. The summed E-state index contributed by atoms with van der Waals surface area (Å²) in [5.41, 5.74) is 2.11. The summed E-state index contributed by atoms with van der Waals surface area (Å²) in [7, 11) is 0. The first-order valence-electron chi connectivity index (χ1n) is 10.3. The van der Waals surface area contributed by atoms with Crippen LogP contribution in [-0.4, -0.2) is 23.2 Å². The van der Waals surface area contributed by atoms with E-state index < -0.39 is 12.1 Å². The highest BCUT2D eigenvalue weighted by Crippen LogP contribution is 2.35. The van der Waals surface area contributed by atoms with Crippen LogP contribution in [0.3, 0.4) is 0 Å². The average Bonchev–Trinajstić information content (AvgIpc) is 2.75. The summed E-state index contributed by atoms with van der Waals surface area (Å²) in [6.45, 7) is 8.50. The molecule has 0 aliphatic heterocycles. The molecule has 0 radical (unpaired) electrons. The number of aliphatic hydroxyl groups excluding tert-OH is 1. The molecule has 0 bridgehead atoms. The lowest BCUT2D eigenvalue weighted by molar-refractivity contribution is 0.0730. The Hall–Kier alpha value is -3.15. The second kappa shape index (κ2) is 9.77. The fourth-order valence-corrected chi connectivity index (χ4v) is 2.88. The topological polar surface area (TPSA) is 67.8 Å². The van der Waals surface area contributed by atoms with Gasteiger partial charge in [0.25, 0.3) is 0 Å². The summed E-state index contributed by atoms with van der Waals surface area (Å²) < 4.78 is 11.6. The summed E-state index contributed by atoms with van der Waals surface area (Å²) in [6, 6.07) is 21.5. The number of esters is 1. The Bertz CT molecular complexity index is 1010. The van der Waals surface area contributed by atoms with Crippen LogP contribution >= 0.6 is 0 Å². The maximum Gasteiger partial charge on any atom is 0.343 e. The van der Waals surface area contributed by atoms with Gasteiger partial charge in [-0.1, -0.05) is 42.0 Å². The van der Waals surface area contributed by atoms with E-state index in [1.54, 1.807) is 42.5 Å². The maximum atomic E-state index is 12.6. The van der Waals surface area contributed by atoms with Crippen LogP contribution in [0.25, 0.3) is 0 Å². The molecule has 0 fully saturated rings. The molecule has 3 rings (SSSR count). The zero-order chi connectivity index (χ0) is 22.4. The van der Waals surface area contributed by atoms with Gasteiger partial charge in [-0.25, -0.2) is 4.79 Å². The monoisotopic (exact) mass is 419 g/mol. The fraction of sp³-hybridized carbons (Fsp3) is 0.269. The highest BCUT2D eigenvalue weighted by Gasteiger charge is 2.18. The van der Waals surface area contributed by atoms with Crippen molar-refractivity contribution in [3.8, 4) is 17.2 Å². The normalized spacial score (nSPS) is 12.3. The summed E-state index contributed by atoms with van der Waals surface area (Å²) in [6.07, 6.45) is -0.738. The van der Waals surface area contributed by atoms with Gasteiger partial charge in [0.2, 0.25) is 0 Å². The Morgan fingerprint density at radius 2 is 1.65 bits per heavy atom. The maximum absolute atomic E-state index is 12.6. The van der Waals surface area contributed by atoms with Crippen molar-refractivity contribution in [2.45, 2.75) is 39.3 Å². The van der Waals surface area contributed by atoms with E-state index in [2.05, 4.69) is 5.32 Å². The lowest BCUT2D eigenvalue weighted by atomic mass is 10.1. The minimum Gasteiger partial charge on any atom is -0.453 e. The molecule has 0 aromatic heterocycles. The van der Waals surface area contributed by atoms with E-state index in [0.717, 1.165) is 5.56 Å². The quantitative estimate of drug-likeness (QED) is 0.395. The number of benzene rings is 3. The van der Waals surface area contributed by atoms with Crippen LogP contribution in [-0.2, 0) is 0 Å². The predicted octanol–water partition coefficient (Wildman–Crippen LogP) is 5.43. The Balaban J connectivity index is 1.87. The average molecular weight is 420 g/mol. The molecule has 1 unspecified atom stereocenters. The SMILES string of the molecule is Cc1ccc(Oc2cc(C(O)CNC(C)(C)C)ccc2OC(=O)c2ccccc2)cc1. The molecule has 162 valence electrons. The van der Waals surface area contributed by atoms with Gasteiger partial charge in [-0.15, -0.1) is 0 Å². The number of carbonyl (C=O) groups is 1. The molecule has 0 saturated heterocycles. The van der Waals surface area contributed by atoms with E-state index in [0.29, 0.717) is 29.2 Å². The molecule has 0 amide bonds. The number of hydrogen-bond acceptors (Lipinski definition) is 5. The lowest BCUT2D eigenvalue weighted by Crippen LogP contribution is -2.38. The molecule has 3 aromatic carbocycles. The molecule has 0 aliphatic carbocycles. The number of carbonyl (C=O) groups excluding carboxylic acids is 1. The van der Waals surface area contributed by atoms with E-state index in [9.17, 15) is 9.90 Å². The Labute approximate surface area is 183 Å². The van der Waals surface area contributed by atoms with Gasteiger partial charge in [-0.3, -0.25) is 0 Å². The lowest BCUT2D eigenvalue weighted by Gasteiger charge is -2.23. The first-order chi connectivity index (χ1) is 14.7. The van der Waals surface area contributed by atoms with Crippen LogP contribution in [0.1, 0.15) is 48.4 Å². The fourth-order valence-electron chi connectivity index (χ4n) is 2.88. The zero-order valence-electron chi connectivity index (χ0n) is 18.4. The number of ether oxygens (including phenoxy) is 2. The molecule has 2 N–H and O–H groups in total. The minimum atomic E-state index is -0.738. The van der Waals surface area contributed by atoms with Crippen molar-refractivity contribution >= 4 is 5.97 Å². The first kappa shape index (κ1) is 22.5. The molecule has 0 spiro atoms. The van der Waals surface area contributed by atoms with Gasteiger partial charge in [0.05, 0.1) is 11.7 Å². The van der Waals surface area contributed by atoms with Crippen molar-refractivity contribution in [1.29, 1.82) is 0 Å². The molecule has 1 atom stereocenters. The molecular weight excluding hydrogens is 390 g/mol. The molecule has 0 heterocycles. The third-order valence-electron chi connectivity index (χ3n) is 4.64. The standard InChI is InChI=1S/C26H29NO4/c1-18-10-13-21(14-11-18)30-24-16-20(22(28)17-27-26(2,3)4)12-15-23(24)31-25(29)19-8-6-5-7-9-19/h5-16,22,27-28H,17H2,1-4H3. The van der Waals surface area contributed by atoms with Crippen LogP contribution < -0.4 is 14.8 Å². The van der Waals surface area contributed by atoms with E-state index >= 15 is 0 Å². The summed E-state index contributed by atoms with van der Waals surface area (Å²) in [4.78, 5) is 12.6. The highest BCUT2D eigenvalue weighted by atomic mass is 16.6. The molecule has 0 saturated carbocycles. The van der Waals surface area contributed by atoms with Crippen molar-refractivity contribution in [2.75, 3.05) is 6.54 Å². The molecule has 31 heavy (non-hydrogen) atoms. The van der Waals surface area contributed by atoms with Crippen LogP contribution in [0.15, 0.2) is 72.8 Å². The first-order valence-corrected chi connectivity index (χ1v) is 10.3. The summed E-state index contributed by atoms with van der Waals surface area (Å²) in [5, 5.41) is 13.9. The predicted molar refractivity (Wildman–Crippen MR) is 122 cm³/mol. The number of hydrogen-bond donors (Lipinski definition) is 2. The Morgan fingerprint density at radius 1 is 0.968 bits per heavy atom. The minimum absolute atomic E-state index is 0.118. The molecule has 3 aromatic rings. The number of aryl methyl sites for hydroxylation is 1. The van der Waals surface area contributed by atoms with E-state index in [-0.39, 0.29) is 11.3 Å². The largest absolute Gasteiger partial charge is 0.453 e. The van der Waals surface area contributed by atoms with Crippen LogP contribution in [0.5, 0.6) is 17.2 Å². The van der Waals surface area contributed by atoms with Crippen LogP contribution in [0.4, 0.5) is 0 Å². The molecular formula is C26H29NO4. The van der Waals surface area contributed by atoms with Crippen LogP contribution in [0.2, 0.25) is 0 Å². The molecule has 0 aliphatic rings. The van der Waals surface area contributed by atoms with Gasteiger partial charge in [0, 0.05) is 12.1 Å². The van der Waals surface area contributed by atoms with Crippen LogP contribution in [0, 0.1) is 6.92 Å². The zero-order valence-corrected chi connectivity index (χ0v) is 18.4. The van der Waals surface area contributed by atoms with Gasteiger partial charge in [-0.05, 0) is 69.7 Å². The van der Waals surface area contributed by atoms with Gasteiger partial charge in [0.15, 0.2) is 11.5 Å². The highest BCUT2D eigenvalue weighted by molar-refractivity contribution is 5.91. The van der Waals surface area contributed by atoms with Gasteiger partial charge in [-0.2, -0.15) is 0 Å².